The first-order valence-electron chi connectivity index (χ1n) is 8.25. The van der Waals surface area contributed by atoms with Crippen LogP contribution in [0.4, 0.5) is 0 Å². The molecular formula is C20H22N2O4. The molecule has 0 radical (unpaired) electrons. The molecule has 0 unspecified atom stereocenters. The van der Waals surface area contributed by atoms with Crippen molar-refractivity contribution in [1.82, 2.24) is 5.43 Å². The van der Waals surface area contributed by atoms with Crippen LogP contribution in [0, 0.1) is 6.92 Å². The highest BCUT2D eigenvalue weighted by Gasteiger charge is 2.10. The molecule has 0 spiro atoms. The molecule has 0 aliphatic rings. The molecule has 26 heavy (non-hydrogen) atoms. The lowest BCUT2D eigenvalue weighted by Crippen LogP contribution is -2.25. The second kappa shape index (κ2) is 8.80. The summed E-state index contributed by atoms with van der Waals surface area (Å²) in [5.41, 5.74) is 5.37. The number of amides is 1. The zero-order chi connectivity index (χ0) is 19.1. The van der Waals surface area contributed by atoms with E-state index in [0.29, 0.717) is 17.2 Å². The molecule has 2 rings (SSSR count). The number of ether oxygens (including phenoxy) is 1. The van der Waals surface area contributed by atoms with Crippen LogP contribution in [0.3, 0.4) is 0 Å². The zero-order valence-electron chi connectivity index (χ0n) is 15.0. The van der Waals surface area contributed by atoms with Crippen LogP contribution in [0.25, 0.3) is 0 Å². The van der Waals surface area contributed by atoms with Gasteiger partial charge in [0, 0.05) is 0 Å². The molecule has 0 aliphatic heterocycles. The Balaban J connectivity index is 1.89. The third kappa shape index (κ3) is 5.44. The molecule has 0 saturated heterocycles. The van der Waals surface area contributed by atoms with Gasteiger partial charge >= 0.3 is 5.97 Å². The maximum atomic E-state index is 11.9. The molecule has 2 aromatic carbocycles. The first-order valence-corrected chi connectivity index (χ1v) is 8.25. The van der Waals surface area contributed by atoms with E-state index >= 15 is 0 Å². The Morgan fingerprint density at radius 3 is 2.50 bits per heavy atom. The van der Waals surface area contributed by atoms with E-state index in [9.17, 15) is 9.59 Å². The average molecular weight is 354 g/mol. The predicted octanol–water partition coefficient (Wildman–Crippen LogP) is 3.35. The highest BCUT2D eigenvalue weighted by Crippen LogP contribution is 2.27. The summed E-state index contributed by atoms with van der Waals surface area (Å²) < 4.78 is 5.63. The Morgan fingerprint density at radius 1 is 1.19 bits per heavy atom. The van der Waals surface area contributed by atoms with Crippen molar-refractivity contribution < 1.29 is 19.4 Å². The summed E-state index contributed by atoms with van der Waals surface area (Å²) in [6, 6.07) is 12.1. The number of benzene rings is 2. The van der Waals surface area contributed by atoms with E-state index in [1.165, 1.54) is 18.3 Å². The van der Waals surface area contributed by atoms with Crippen molar-refractivity contribution in [3.8, 4) is 5.75 Å². The van der Waals surface area contributed by atoms with Crippen LogP contribution in [-0.4, -0.2) is 29.8 Å². The second-order valence-electron chi connectivity index (χ2n) is 6.20. The van der Waals surface area contributed by atoms with E-state index < -0.39 is 5.97 Å². The van der Waals surface area contributed by atoms with Gasteiger partial charge in [-0.3, -0.25) is 4.79 Å². The molecule has 1 amide bonds. The van der Waals surface area contributed by atoms with Gasteiger partial charge in [-0.1, -0.05) is 38.1 Å². The summed E-state index contributed by atoms with van der Waals surface area (Å²) in [7, 11) is 0. The highest BCUT2D eigenvalue weighted by molar-refractivity contribution is 5.89. The van der Waals surface area contributed by atoms with E-state index in [1.54, 1.807) is 12.1 Å². The van der Waals surface area contributed by atoms with Gasteiger partial charge < -0.3 is 9.84 Å². The van der Waals surface area contributed by atoms with Crippen LogP contribution < -0.4 is 10.2 Å². The molecule has 0 atom stereocenters. The van der Waals surface area contributed by atoms with Gasteiger partial charge in [-0.25, -0.2) is 10.2 Å². The number of nitrogens with one attached hydrogen (secondary N) is 1. The van der Waals surface area contributed by atoms with Crippen molar-refractivity contribution in [2.24, 2.45) is 5.10 Å². The lowest BCUT2D eigenvalue weighted by atomic mass is 10.0. The molecule has 136 valence electrons. The van der Waals surface area contributed by atoms with E-state index in [0.717, 1.165) is 11.1 Å². The number of hydrogen-bond donors (Lipinski definition) is 2. The SMILES string of the molecule is Cc1ccc(C(C)C)c(OCC(=O)N/N=C/c2ccc(C(=O)O)cc2)c1. The van der Waals surface area contributed by atoms with Crippen LogP contribution in [0.1, 0.15) is 46.8 Å². The summed E-state index contributed by atoms with van der Waals surface area (Å²) in [6.45, 7) is 5.96. The Bertz CT molecular complexity index is 811. The molecule has 2 N–H and O–H groups in total. The Hall–Kier alpha value is -3.15. The Kier molecular flexibility index (Phi) is 6.49. The quantitative estimate of drug-likeness (QED) is 0.589. The van der Waals surface area contributed by atoms with Gasteiger partial charge in [-0.15, -0.1) is 0 Å². The number of nitrogens with zero attached hydrogens (tertiary/aromatic N) is 1. The normalized spacial score (nSPS) is 10.9. The van der Waals surface area contributed by atoms with Crippen molar-refractivity contribution in [2.45, 2.75) is 26.7 Å². The summed E-state index contributed by atoms with van der Waals surface area (Å²) in [6.07, 6.45) is 1.44. The number of aryl methyl sites for hydroxylation is 1. The number of hydrazone groups is 1. The van der Waals surface area contributed by atoms with Crippen molar-refractivity contribution in [1.29, 1.82) is 0 Å². The van der Waals surface area contributed by atoms with Gasteiger partial charge in [0.1, 0.15) is 5.75 Å². The minimum atomic E-state index is -0.990. The van der Waals surface area contributed by atoms with Gasteiger partial charge in [0.05, 0.1) is 11.8 Å². The topological polar surface area (TPSA) is 88.0 Å². The molecular weight excluding hydrogens is 332 g/mol. The number of carbonyl (C=O) groups excluding carboxylic acids is 1. The number of rotatable bonds is 7. The molecule has 6 heteroatoms. The first kappa shape index (κ1) is 19.2. The lowest BCUT2D eigenvalue weighted by molar-refractivity contribution is -0.123. The number of hydrogen-bond acceptors (Lipinski definition) is 4. The van der Waals surface area contributed by atoms with Crippen LogP contribution >= 0.6 is 0 Å². The summed E-state index contributed by atoms with van der Waals surface area (Å²) >= 11 is 0. The molecule has 0 saturated carbocycles. The molecule has 6 nitrogen and oxygen atoms in total. The number of carboxylic acids is 1. The summed E-state index contributed by atoms with van der Waals surface area (Å²) in [5, 5.41) is 12.7. The van der Waals surface area contributed by atoms with E-state index in [4.69, 9.17) is 9.84 Å². The second-order valence-corrected chi connectivity index (χ2v) is 6.20. The molecule has 0 aromatic heterocycles. The van der Waals surface area contributed by atoms with Crippen LogP contribution in [-0.2, 0) is 4.79 Å². The first-order chi connectivity index (χ1) is 12.4. The molecule has 0 heterocycles. The zero-order valence-corrected chi connectivity index (χ0v) is 15.0. The van der Waals surface area contributed by atoms with E-state index in [1.807, 2.05) is 25.1 Å². The van der Waals surface area contributed by atoms with Crippen molar-refractivity contribution >= 4 is 18.1 Å². The largest absolute Gasteiger partial charge is 0.483 e. The monoisotopic (exact) mass is 354 g/mol. The lowest BCUT2D eigenvalue weighted by Gasteiger charge is -2.14. The summed E-state index contributed by atoms with van der Waals surface area (Å²) in [4.78, 5) is 22.7. The van der Waals surface area contributed by atoms with Crippen LogP contribution in [0.5, 0.6) is 5.75 Å². The molecule has 2 aromatic rings. The minimum absolute atomic E-state index is 0.140. The van der Waals surface area contributed by atoms with Gasteiger partial charge in [0.25, 0.3) is 5.91 Å². The van der Waals surface area contributed by atoms with E-state index in [2.05, 4.69) is 24.4 Å². The minimum Gasteiger partial charge on any atom is -0.483 e. The van der Waals surface area contributed by atoms with Crippen LogP contribution in [0.2, 0.25) is 0 Å². The third-order valence-corrected chi connectivity index (χ3v) is 3.71. The van der Waals surface area contributed by atoms with Crippen LogP contribution in [0.15, 0.2) is 47.6 Å². The highest BCUT2D eigenvalue weighted by atomic mass is 16.5. The van der Waals surface area contributed by atoms with Crippen molar-refractivity contribution in [3.63, 3.8) is 0 Å². The van der Waals surface area contributed by atoms with E-state index in [-0.39, 0.29) is 18.1 Å². The maximum Gasteiger partial charge on any atom is 0.335 e. The third-order valence-electron chi connectivity index (χ3n) is 3.71. The fourth-order valence-corrected chi connectivity index (χ4v) is 2.31. The fraction of sp³-hybridized carbons (Fsp3) is 0.250. The number of carbonyl (C=O) groups is 2. The van der Waals surface area contributed by atoms with Crippen molar-refractivity contribution in [3.05, 3.63) is 64.7 Å². The summed E-state index contributed by atoms with van der Waals surface area (Å²) in [5.74, 6) is -0.376. The number of aromatic carboxylic acids is 1. The smallest absolute Gasteiger partial charge is 0.335 e. The maximum absolute atomic E-state index is 11.9. The fourth-order valence-electron chi connectivity index (χ4n) is 2.31. The van der Waals surface area contributed by atoms with Gasteiger partial charge in [0.15, 0.2) is 6.61 Å². The number of carboxylic acid groups (broad SMARTS) is 1. The molecule has 0 aliphatic carbocycles. The molecule has 0 bridgehead atoms. The van der Waals surface area contributed by atoms with Gasteiger partial charge in [-0.05, 0) is 47.7 Å². The van der Waals surface area contributed by atoms with Crippen molar-refractivity contribution in [2.75, 3.05) is 6.61 Å². The Labute approximate surface area is 152 Å². The van der Waals surface area contributed by atoms with Gasteiger partial charge in [-0.2, -0.15) is 5.10 Å². The average Bonchev–Trinajstić information content (AvgIpc) is 2.60. The van der Waals surface area contributed by atoms with Gasteiger partial charge in [0.2, 0.25) is 0 Å². The molecule has 0 fully saturated rings. The standard InChI is InChI=1S/C20H22N2O4/c1-13(2)17-9-4-14(3)10-18(17)26-12-19(23)22-21-11-15-5-7-16(8-6-15)20(24)25/h4-11,13H,12H2,1-3H3,(H,22,23)(H,24,25)/b21-11+. The Morgan fingerprint density at radius 2 is 1.88 bits per heavy atom. The predicted molar refractivity (Wildman–Crippen MR) is 99.9 cm³/mol.